The summed E-state index contributed by atoms with van der Waals surface area (Å²) in [5, 5.41) is 3.13. The van der Waals surface area contributed by atoms with Crippen LogP contribution in [-0.4, -0.2) is 7.05 Å². The van der Waals surface area contributed by atoms with Crippen LogP contribution in [0.15, 0.2) is 42.5 Å². The lowest BCUT2D eigenvalue weighted by Gasteiger charge is -2.16. The molecule has 2 rings (SSSR count). The van der Waals surface area contributed by atoms with Crippen LogP contribution in [0.1, 0.15) is 24.1 Å². The monoisotopic (exact) mass is 277 g/mol. The summed E-state index contributed by atoms with van der Waals surface area (Å²) in [6.07, 6.45) is 0. The second-order valence-corrected chi connectivity index (χ2v) is 4.57. The van der Waals surface area contributed by atoms with Crippen LogP contribution in [0, 0.1) is 11.6 Å². The molecule has 0 spiro atoms. The first-order chi connectivity index (χ1) is 9.61. The quantitative estimate of drug-likeness (QED) is 0.897. The van der Waals surface area contributed by atoms with Crippen LogP contribution in [-0.2, 0) is 6.61 Å². The lowest BCUT2D eigenvalue weighted by Crippen LogP contribution is -2.13. The van der Waals surface area contributed by atoms with Crippen LogP contribution in [0.5, 0.6) is 5.75 Å². The normalized spacial score (nSPS) is 12.2. The van der Waals surface area contributed by atoms with Crippen molar-refractivity contribution in [1.82, 2.24) is 5.32 Å². The van der Waals surface area contributed by atoms with Crippen molar-refractivity contribution in [3.05, 3.63) is 65.2 Å². The van der Waals surface area contributed by atoms with Gasteiger partial charge in [0.2, 0.25) is 0 Å². The van der Waals surface area contributed by atoms with Gasteiger partial charge in [0.25, 0.3) is 0 Å². The van der Waals surface area contributed by atoms with Gasteiger partial charge in [-0.05, 0) is 32.2 Å². The number of nitrogens with one attached hydrogen (secondary N) is 1. The van der Waals surface area contributed by atoms with E-state index in [2.05, 4.69) is 5.32 Å². The van der Waals surface area contributed by atoms with Gasteiger partial charge in [-0.15, -0.1) is 0 Å². The molecule has 0 aromatic heterocycles. The van der Waals surface area contributed by atoms with E-state index in [1.165, 1.54) is 12.1 Å². The Hall–Kier alpha value is -1.94. The molecule has 1 N–H and O–H groups in total. The van der Waals surface area contributed by atoms with Crippen molar-refractivity contribution < 1.29 is 13.5 Å². The molecule has 0 saturated carbocycles. The van der Waals surface area contributed by atoms with Gasteiger partial charge in [-0.1, -0.05) is 18.2 Å². The topological polar surface area (TPSA) is 21.3 Å². The van der Waals surface area contributed by atoms with E-state index in [1.807, 2.05) is 38.2 Å². The molecule has 1 unspecified atom stereocenters. The number of hydrogen-bond acceptors (Lipinski definition) is 2. The molecule has 0 bridgehead atoms. The SMILES string of the molecule is CNC(C)c1ccccc1OCc1ccc(F)cc1F. The number of rotatable bonds is 5. The van der Waals surface area contributed by atoms with Gasteiger partial charge in [0.1, 0.15) is 24.0 Å². The van der Waals surface area contributed by atoms with Gasteiger partial charge in [-0.3, -0.25) is 0 Å². The summed E-state index contributed by atoms with van der Waals surface area (Å²) in [6, 6.07) is 11.2. The van der Waals surface area contributed by atoms with Crippen molar-refractivity contribution in [3.63, 3.8) is 0 Å². The maximum Gasteiger partial charge on any atom is 0.132 e. The molecule has 0 aliphatic rings. The molecule has 0 radical (unpaired) electrons. The fourth-order valence-electron chi connectivity index (χ4n) is 1.92. The molecular formula is C16H17F2NO. The number of para-hydroxylation sites is 1. The molecule has 2 aromatic carbocycles. The molecule has 0 amide bonds. The molecular weight excluding hydrogens is 260 g/mol. The minimum atomic E-state index is -0.593. The van der Waals surface area contributed by atoms with E-state index in [9.17, 15) is 8.78 Å². The Balaban J connectivity index is 2.15. The summed E-state index contributed by atoms with van der Waals surface area (Å²) in [5.74, 6) is -0.488. The maximum atomic E-state index is 13.5. The maximum absolute atomic E-state index is 13.5. The third-order valence-electron chi connectivity index (χ3n) is 3.22. The average molecular weight is 277 g/mol. The second-order valence-electron chi connectivity index (χ2n) is 4.57. The van der Waals surface area contributed by atoms with Crippen LogP contribution in [0.3, 0.4) is 0 Å². The highest BCUT2D eigenvalue weighted by Gasteiger charge is 2.10. The van der Waals surface area contributed by atoms with Crippen molar-refractivity contribution >= 4 is 0 Å². The van der Waals surface area contributed by atoms with E-state index in [0.717, 1.165) is 11.6 Å². The van der Waals surface area contributed by atoms with Crippen LogP contribution < -0.4 is 10.1 Å². The van der Waals surface area contributed by atoms with Gasteiger partial charge in [0, 0.05) is 23.2 Å². The molecule has 2 nitrogen and oxygen atoms in total. The molecule has 20 heavy (non-hydrogen) atoms. The van der Waals surface area contributed by atoms with E-state index in [1.54, 1.807) is 0 Å². The van der Waals surface area contributed by atoms with Crippen LogP contribution in [0.2, 0.25) is 0 Å². The number of ether oxygens (including phenoxy) is 1. The first kappa shape index (κ1) is 14.5. The predicted molar refractivity (Wildman–Crippen MR) is 74.6 cm³/mol. The highest BCUT2D eigenvalue weighted by molar-refractivity contribution is 5.36. The Morgan fingerprint density at radius 1 is 1.15 bits per heavy atom. The Bertz CT molecular complexity index is 586. The summed E-state index contributed by atoms with van der Waals surface area (Å²) < 4.78 is 32.0. The number of hydrogen-bond donors (Lipinski definition) is 1. The molecule has 4 heteroatoms. The molecule has 1 atom stereocenters. The van der Waals surface area contributed by atoms with E-state index < -0.39 is 11.6 Å². The highest BCUT2D eigenvalue weighted by atomic mass is 19.1. The van der Waals surface area contributed by atoms with E-state index in [-0.39, 0.29) is 12.6 Å². The average Bonchev–Trinajstić information content (AvgIpc) is 2.46. The smallest absolute Gasteiger partial charge is 0.132 e. The van der Waals surface area contributed by atoms with E-state index in [0.29, 0.717) is 11.3 Å². The summed E-state index contributed by atoms with van der Waals surface area (Å²) >= 11 is 0. The zero-order chi connectivity index (χ0) is 14.5. The fourth-order valence-corrected chi connectivity index (χ4v) is 1.92. The Kier molecular flexibility index (Phi) is 4.69. The van der Waals surface area contributed by atoms with Crippen molar-refractivity contribution in [1.29, 1.82) is 0 Å². The Morgan fingerprint density at radius 3 is 2.60 bits per heavy atom. The van der Waals surface area contributed by atoms with Crippen molar-refractivity contribution in [2.45, 2.75) is 19.6 Å². The lowest BCUT2D eigenvalue weighted by molar-refractivity contribution is 0.294. The molecule has 0 aliphatic heterocycles. The number of halogens is 2. The zero-order valence-electron chi connectivity index (χ0n) is 11.5. The predicted octanol–water partition coefficient (Wildman–Crippen LogP) is 3.82. The fraction of sp³-hybridized carbons (Fsp3) is 0.250. The van der Waals surface area contributed by atoms with Crippen molar-refractivity contribution in [2.75, 3.05) is 7.05 Å². The van der Waals surface area contributed by atoms with Crippen LogP contribution in [0.25, 0.3) is 0 Å². The molecule has 0 fully saturated rings. The lowest BCUT2D eigenvalue weighted by atomic mass is 10.1. The van der Waals surface area contributed by atoms with Gasteiger partial charge < -0.3 is 10.1 Å². The summed E-state index contributed by atoms with van der Waals surface area (Å²) in [7, 11) is 1.86. The second kappa shape index (κ2) is 6.48. The molecule has 106 valence electrons. The summed E-state index contributed by atoms with van der Waals surface area (Å²) in [6.45, 7) is 2.08. The highest BCUT2D eigenvalue weighted by Crippen LogP contribution is 2.25. The third kappa shape index (κ3) is 3.33. The van der Waals surface area contributed by atoms with Crippen LogP contribution in [0.4, 0.5) is 8.78 Å². The molecule has 0 heterocycles. The van der Waals surface area contributed by atoms with Gasteiger partial charge in [-0.25, -0.2) is 8.78 Å². The first-order valence-electron chi connectivity index (χ1n) is 6.44. The van der Waals surface area contributed by atoms with E-state index in [4.69, 9.17) is 4.74 Å². The van der Waals surface area contributed by atoms with Gasteiger partial charge >= 0.3 is 0 Å². The van der Waals surface area contributed by atoms with Gasteiger partial charge in [0.05, 0.1) is 0 Å². The third-order valence-corrected chi connectivity index (χ3v) is 3.22. The standard InChI is InChI=1S/C16H17F2NO/c1-11(19-2)14-5-3-4-6-16(14)20-10-12-7-8-13(17)9-15(12)18/h3-9,11,19H,10H2,1-2H3. The molecule has 2 aromatic rings. The minimum absolute atomic E-state index is 0.0690. The largest absolute Gasteiger partial charge is 0.488 e. The molecule has 0 aliphatic carbocycles. The van der Waals surface area contributed by atoms with Crippen molar-refractivity contribution in [2.24, 2.45) is 0 Å². The zero-order valence-corrected chi connectivity index (χ0v) is 11.5. The summed E-state index contributed by atoms with van der Waals surface area (Å²) in [4.78, 5) is 0. The molecule has 0 saturated heterocycles. The Morgan fingerprint density at radius 2 is 1.90 bits per heavy atom. The number of benzene rings is 2. The Labute approximate surface area is 117 Å². The van der Waals surface area contributed by atoms with E-state index >= 15 is 0 Å². The van der Waals surface area contributed by atoms with Gasteiger partial charge in [-0.2, -0.15) is 0 Å². The van der Waals surface area contributed by atoms with Crippen molar-refractivity contribution in [3.8, 4) is 5.75 Å². The first-order valence-corrected chi connectivity index (χ1v) is 6.44. The van der Waals surface area contributed by atoms with Crippen LogP contribution >= 0.6 is 0 Å². The van der Waals surface area contributed by atoms with Gasteiger partial charge in [0.15, 0.2) is 0 Å². The minimum Gasteiger partial charge on any atom is -0.488 e. The summed E-state index contributed by atoms with van der Waals surface area (Å²) in [5.41, 5.74) is 1.33.